The van der Waals surface area contributed by atoms with Crippen LogP contribution in [0.15, 0.2) is 36.5 Å². The molecule has 0 bridgehead atoms. The van der Waals surface area contributed by atoms with Gasteiger partial charge in [0.15, 0.2) is 5.82 Å². The number of benzene rings is 1. The van der Waals surface area contributed by atoms with Crippen molar-refractivity contribution in [1.82, 2.24) is 9.97 Å². The Morgan fingerprint density at radius 2 is 1.42 bits per heavy atom. The molecule has 0 radical (unpaired) electrons. The quantitative estimate of drug-likeness (QED) is 0.409. The molecule has 0 spiro atoms. The van der Waals surface area contributed by atoms with Crippen molar-refractivity contribution in [3.63, 3.8) is 0 Å². The van der Waals surface area contributed by atoms with E-state index < -0.39 is 0 Å². The number of unbranched alkanes of at least 4 members (excludes halogenated alkanes) is 6. The van der Waals surface area contributed by atoms with Crippen molar-refractivity contribution in [1.29, 1.82) is 0 Å². The third-order valence-corrected chi connectivity index (χ3v) is 4.26. The minimum atomic E-state index is 0.645. The van der Waals surface area contributed by atoms with Gasteiger partial charge in [0.1, 0.15) is 5.75 Å². The highest BCUT2D eigenvalue weighted by Gasteiger charge is 2.04. The summed E-state index contributed by atoms with van der Waals surface area (Å²) in [6, 6.07) is 9.75. The summed E-state index contributed by atoms with van der Waals surface area (Å²) < 4.78 is 11.5. The van der Waals surface area contributed by atoms with E-state index in [1.807, 2.05) is 30.3 Å². The summed E-state index contributed by atoms with van der Waals surface area (Å²) in [6.07, 6.45) is 11.5. The highest BCUT2D eigenvalue weighted by molar-refractivity contribution is 5.56. The monoisotopic (exact) mass is 356 g/mol. The molecule has 0 saturated carbocycles. The van der Waals surface area contributed by atoms with E-state index in [0.717, 1.165) is 37.2 Å². The van der Waals surface area contributed by atoms with Gasteiger partial charge in [0, 0.05) is 17.8 Å². The Bertz CT molecular complexity index is 614. The first-order chi connectivity index (χ1) is 12.8. The van der Waals surface area contributed by atoms with Gasteiger partial charge in [0.05, 0.1) is 13.2 Å². The molecule has 0 saturated heterocycles. The Labute approximate surface area is 158 Å². The van der Waals surface area contributed by atoms with Crippen molar-refractivity contribution >= 4 is 0 Å². The van der Waals surface area contributed by atoms with Gasteiger partial charge in [0.25, 0.3) is 0 Å². The maximum atomic E-state index is 5.79. The van der Waals surface area contributed by atoms with Crippen LogP contribution in [0, 0.1) is 0 Å². The molecule has 4 heteroatoms. The molecule has 4 nitrogen and oxygen atoms in total. The predicted molar refractivity (Wildman–Crippen MR) is 107 cm³/mol. The second-order valence-electron chi connectivity index (χ2n) is 6.56. The largest absolute Gasteiger partial charge is 0.494 e. The molecule has 0 amide bonds. The fourth-order valence-corrected chi connectivity index (χ4v) is 2.66. The summed E-state index contributed by atoms with van der Waals surface area (Å²) >= 11 is 0. The molecule has 0 aliphatic rings. The molecular formula is C22H32N2O2. The van der Waals surface area contributed by atoms with E-state index in [2.05, 4.69) is 23.8 Å². The summed E-state index contributed by atoms with van der Waals surface area (Å²) in [7, 11) is 0. The van der Waals surface area contributed by atoms with Gasteiger partial charge in [-0.1, -0.05) is 52.4 Å². The van der Waals surface area contributed by atoms with Gasteiger partial charge in [-0.25, -0.2) is 4.98 Å². The molecule has 0 fully saturated rings. The summed E-state index contributed by atoms with van der Waals surface area (Å²) in [4.78, 5) is 8.88. The molecule has 0 unspecified atom stereocenters. The number of nitrogens with zero attached hydrogens (tertiary/aromatic N) is 2. The second kappa shape index (κ2) is 12.3. The Hall–Kier alpha value is -2.10. The average molecular weight is 357 g/mol. The molecule has 26 heavy (non-hydrogen) atoms. The molecule has 0 atom stereocenters. The van der Waals surface area contributed by atoms with E-state index in [4.69, 9.17) is 9.47 Å². The highest BCUT2D eigenvalue weighted by Crippen LogP contribution is 2.21. The molecule has 0 aliphatic carbocycles. The first-order valence-corrected chi connectivity index (χ1v) is 10.0. The highest BCUT2D eigenvalue weighted by atomic mass is 16.5. The van der Waals surface area contributed by atoms with Crippen molar-refractivity contribution in [2.45, 2.75) is 65.2 Å². The van der Waals surface area contributed by atoms with Gasteiger partial charge in [-0.3, -0.25) is 0 Å². The molecule has 1 heterocycles. The Kier molecular flexibility index (Phi) is 9.55. The molecule has 0 aliphatic heterocycles. The topological polar surface area (TPSA) is 44.2 Å². The Morgan fingerprint density at radius 3 is 2.19 bits per heavy atom. The lowest BCUT2D eigenvalue weighted by Crippen LogP contribution is -2.01. The fourth-order valence-electron chi connectivity index (χ4n) is 2.66. The molecule has 0 N–H and O–H groups in total. The average Bonchev–Trinajstić information content (AvgIpc) is 2.68. The van der Waals surface area contributed by atoms with E-state index in [9.17, 15) is 0 Å². The fraction of sp³-hybridized carbons (Fsp3) is 0.545. The van der Waals surface area contributed by atoms with Crippen LogP contribution >= 0.6 is 0 Å². The lowest BCUT2D eigenvalue weighted by molar-refractivity contribution is 0.293. The zero-order valence-corrected chi connectivity index (χ0v) is 16.2. The van der Waals surface area contributed by atoms with Crippen molar-refractivity contribution in [2.75, 3.05) is 13.2 Å². The van der Waals surface area contributed by atoms with Crippen LogP contribution in [-0.4, -0.2) is 23.2 Å². The van der Waals surface area contributed by atoms with E-state index in [0.29, 0.717) is 18.3 Å². The molecule has 1 aromatic carbocycles. The van der Waals surface area contributed by atoms with Gasteiger partial charge >= 0.3 is 0 Å². The first-order valence-electron chi connectivity index (χ1n) is 10.0. The third-order valence-electron chi connectivity index (χ3n) is 4.26. The maximum Gasteiger partial charge on any atom is 0.216 e. The summed E-state index contributed by atoms with van der Waals surface area (Å²) in [5.74, 6) is 2.22. The van der Waals surface area contributed by atoms with Crippen molar-refractivity contribution < 1.29 is 9.47 Å². The maximum absolute atomic E-state index is 5.79. The van der Waals surface area contributed by atoms with E-state index in [1.54, 1.807) is 6.20 Å². The van der Waals surface area contributed by atoms with Crippen LogP contribution in [-0.2, 0) is 0 Å². The second-order valence-corrected chi connectivity index (χ2v) is 6.56. The number of rotatable bonds is 13. The lowest BCUT2D eigenvalue weighted by Gasteiger charge is -2.08. The minimum absolute atomic E-state index is 0.645. The van der Waals surface area contributed by atoms with E-state index in [1.165, 1.54) is 32.1 Å². The van der Waals surface area contributed by atoms with E-state index >= 15 is 0 Å². The zero-order chi connectivity index (χ0) is 18.5. The zero-order valence-electron chi connectivity index (χ0n) is 16.2. The number of aromatic nitrogens is 2. The first kappa shape index (κ1) is 20.2. The van der Waals surface area contributed by atoms with Crippen LogP contribution in [0.2, 0.25) is 0 Å². The van der Waals surface area contributed by atoms with Crippen molar-refractivity contribution in [2.24, 2.45) is 0 Å². The predicted octanol–water partition coefficient (Wildman–Crippen LogP) is 6.06. The smallest absolute Gasteiger partial charge is 0.216 e. The van der Waals surface area contributed by atoms with Crippen LogP contribution in [0.5, 0.6) is 11.6 Å². The summed E-state index contributed by atoms with van der Waals surface area (Å²) in [6.45, 7) is 5.87. The standard InChI is InChI=1S/C22H32N2O2/c1-3-5-7-8-9-10-18-26-21-15-16-23-22(24-21)19-11-13-20(14-12-19)25-17-6-4-2/h11-16H,3-10,17-18H2,1-2H3. The SMILES string of the molecule is CCCCCCCCOc1ccnc(-c2ccc(OCCCC)cc2)n1. The third kappa shape index (κ3) is 7.42. The Balaban J connectivity index is 1.80. The molecule has 1 aromatic heterocycles. The van der Waals surface area contributed by atoms with Gasteiger partial charge in [-0.2, -0.15) is 4.98 Å². The summed E-state index contributed by atoms with van der Waals surface area (Å²) in [5, 5.41) is 0. The van der Waals surface area contributed by atoms with Gasteiger partial charge < -0.3 is 9.47 Å². The van der Waals surface area contributed by atoms with Gasteiger partial charge in [0.2, 0.25) is 5.88 Å². The molecule has 2 rings (SSSR count). The number of ether oxygens (including phenoxy) is 2. The van der Waals surface area contributed by atoms with E-state index in [-0.39, 0.29) is 0 Å². The van der Waals surface area contributed by atoms with Crippen molar-refractivity contribution in [3.05, 3.63) is 36.5 Å². The summed E-state index contributed by atoms with van der Waals surface area (Å²) in [5.41, 5.74) is 0.970. The van der Waals surface area contributed by atoms with Crippen molar-refractivity contribution in [3.8, 4) is 23.0 Å². The molecular weight excluding hydrogens is 324 g/mol. The van der Waals surface area contributed by atoms with Crippen LogP contribution in [0.1, 0.15) is 65.2 Å². The molecule has 2 aromatic rings. The normalized spacial score (nSPS) is 10.7. The molecule has 142 valence electrons. The van der Waals surface area contributed by atoms with Crippen LogP contribution < -0.4 is 9.47 Å². The van der Waals surface area contributed by atoms with Crippen LogP contribution in [0.4, 0.5) is 0 Å². The number of hydrogen-bond acceptors (Lipinski definition) is 4. The van der Waals surface area contributed by atoms with Crippen LogP contribution in [0.25, 0.3) is 11.4 Å². The van der Waals surface area contributed by atoms with Crippen LogP contribution in [0.3, 0.4) is 0 Å². The Morgan fingerprint density at radius 1 is 0.731 bits per heavy atom. The minimum Gasteiger partial charge on any atom is -0.494 e. The van der Waals surface area contributed by atoms with Gasteiger partial charge in [-0.15, -0.1) is 0 Å². The lowest BCUT2D eigenvalue weighted by atomic mass is 10.1. The number of hydrogen-bond donors (Lipinski definition) is 0. The van der Waals surface area contributed by atoms with Gasteiger partial charge in [-0.05, 0) is 37.1 Å².